The normalized spacial score (nSPS) is 12.6. The molecule has 1 heterocycles. The number of rotatable bonds is 6. The lowest BCUT2D eigenvalue weighted by atomic mass is 10.1. The molecule has 2 rings (SSSR count). The highest BCUT2D eigenvalue weighted by Gasteiger charge is 2.14. The molecule has 3 nitrogen and oxygen atoms in total. The standard InChI is InChI=1S/C16H22N2OS/c1-4-17-15(19)9-10-18-12(3)16-11(2)13-7-5-6-8-14(13)20-16/h5-8,12,18H,4,9-10H2,1-3H3,(H,17,19). The fourth-order valence-corrected chi connectivity index (χ4v) is 3.62. The molecule has 0 aliphatic carbocycles. The van der Waals surface area contributed by atoms with Gasteiger partial charge in [-0.05, 0) is 37.8 Å². The number of hydrogen-bond donors (Lipinski definition) is 2. The van der Waals surface area contributed by atoms with Crippen molar-refractivity contribution in [3.8, 4) is 0 Å². The van der Waals surface area contributed by atoms with Crippen LogP contribution in [-0.4, -0.2) is 19.0 Å². The lowest BCUT2D eigenvalue weighted by molar-refractivity contribution is -0.120. The van der Waals surface area contributed by atoms with E-state index in [1.807, 2.05) is 18.3 Å². The Morgan fingerprint density at radius 3 is 2.80 bits per heavy atom. The van der Waals surface area contributed by atoms with Gasteiger partial charge in [0.25, 0.3) is 0 Å². The highest BCUT2D eigenvalue weighted by atomic mass is 32.1. The molecule has 0 bridgehead atoms. The van der Waals surface area contributed by atoms with Gasteiger partial charge in [-0.15, -0.1) is 11.3 Å². The smallest absolute Gasteiger partial charge is 0.221 e. The number of benzene rings is 1. The second kappa shape index (κ2) is 6.86. The van der Waals surface area contributed by atoms with Crippen LogP contribution in [0.4, 0.5) is 0 Å². The highest BCUT2D eigenvalue weighted by molar-refractivity contribution is 7.19. The van der Waals surface area contributed by atoms with Gasteiger partial charge in [0, 0.05) is 35.1 Å². The van der Waals surface area contributed by atoms with Gasteiger partial charge in [-0.2, -0.15) is 0 Å². The molecule has 0 spiro atoms. The van der Waals surface area contributed by atoms with Crippen LogP contribution >= 0.6 is 11.3 Å². The van der Waals surface area contributed by atoms with Crippen molar-refractivity contribution in [2.45, 2.75) is 33.2 Å². The molecule has 0 fully saturated rings. The van der Waals surface area contributed by atoms with Crippen molar-refractivity contribution in [2.24, 2.45) is 0 Å². The second-order valence-electron chi connectivity index (χ2n) is 4.97. The molecule has 2 aromatic rings. The van der Waals surface area contributed by atoms with Crippen LogP contribution in [0.3, 0.4) is 0 Å². The van der Waals surface area contributed by atoms with Gasteiger partial charge in [-0.25, -0.2) is 0 Å². The lowest BCUT2D eigenvalue weighted by Crippen LogP contribution is -2.28. The minimum Gasteiger partial charge on any atom is -0.356 e. The predicted octanol–water partition coefficient (Wildman–Crippen LogP) is 3.39. The Morgan fingerprint density at radius 1 is 1.35 bits per heavy atom. The van der Waals surface area contributed by atoms with E-state index < -0.39 is 0 Å². The SMILES string of the molecule is CCNC(=O)CCNC(C)c1sc2ccccc2c1C. The van der Waals surface area contributed by atoms with E-state index in [0.717, 1.165) is 0 Å². The molecular formula is C16H22N2OS. The van der Waals surface area contributed by atoms with Gasteiger partial charge in [0.2, 0.25) is 5.91 Å². The van der Waals surface area contributed by atoms with Crippen molar-refractivity contribution in [2.75, 3.05) is 13.1 Å². The summed E-state index contributed by atoms with van der Waals surface area (Å²) < 4.78 is 1.33. The minimum atomic E-state index is 0.111. The molecule has 108 valence electrons. The number of carbonyl (C=O) groups is 1. The Hall–Kier alpha value is -1.39. The highest BCUT2D eigenvalue weighted by Crippen LogP contribution is 2.34. The van der Waals surface area contributed by atoms with Crippen molar-refractivity contribution in [3.63, 3.8) is 0 Å². The van der Waals surface area contributed by atoms with Crippen LogP contribution in [0.5, 0.6) is 0 Å². The van der Waals surface area contributed by atoms with Crippen molar-refractivity contribution < 1.29 is 4.79 Å². The van der Waals surface area contributed by atoms with E-state index in [-0.39, 0.29) is 11.9 Å². The molecule has 0 aliphatic rings. The zero-order valence-corrected chi connectivity index (χ0v) is 13.1. The van der Waals surface area contributed by atoms with Crippen LogP contribution in [-0.2, 0) is 4.79 Å². The maximum absolute atomic E-state index is 11.4. The maximum atomic E-state index is 11.4. The Balaban J connectivity index is 1.99. The molecule has 1 unspecified atom stereocenters. The summed E-state index contributed by atoms with van der Waals surface area (Å²) in [5.41, 5.74) is 1.35. The number of thiophene rings is 1. The van der Waals surface area contributed by atoms with Crippen LogP contribution < -0.4 is 10.6 Å². The van der Waals surface area contributed by atoms with E-state index in [1.54, 1.807) is 0 Å². The summed E-state index contributed by atoms with van der Waals surface area (Å²) >= 11 is 1.84. The van der Waals surface area contributed by atoms with Crippen LogP contribution in [0.15, 0.2) is 24.3 Å². The van der Waals surface area contributed by atoms with Gasteiger partial charge in [0.05, 0.1) is 0 Å². The molecule has 1 aromatic heterocycles. The molecule has 0 saturated heterocycles. The van der Waals surface area contributed by atoms with E-state index in [0.29, 0.717) is 19.5 Å². The molecule has 2 N–H and O–H groups in total. The Bertz CT molecular complexity index is 591. The van der Waals surface area contributed by atoms with Crippen molar-refractivity contribution in [1.29, 1.82) is 0 Å². The zero-order chi connectivity index (χ0) is 14.5. The monoisotopic (exact) mass is 290 g/mol. The maximum Gasteiger partial charge on any atom is 0.221 e. The Kier molecular flexibility index (Phi) is 5.15. The van der Waals surface area contributed by atoms with E-state index >= 15 is 0 Å². The Morgan fingerprint density at radius 2 is 2.10 bits per heavy atom. The third-order valence-electron chi connectivity index (χ3n) is 3.45. The van der Waals surface area contributed by atoms with E-state index in [9.17, 15) is 4.79 Å². The van der Waals surface area contributed by atoms with E-state index in [1.165, 1.54) is 20.5 Å². The fraction of sp³-hybridized carbons (Fsp3) is 0.438. The number of carbonyl (C=O) groups excluding carboxylic acids is 1. The molecule has 0 saturated carbocycles. The Labute approximate surface area is 124 Å². The molecule has 1 aromatic carbocycles. The predicted molar refractivity (Wildman–Crippen MR) is 86.3 cm³/mol. The molecule has 1 amide bonds. The summed E-state index contributed by atoms with van der Waals surface area (Å²) in [7, 11) is 0. The number of aryl methyl sites for hydroxylation is 1. The van der Waals surface area contributed by atoms with Gasteiger partial charge in [0.15, 0.2) is 0 Å². The first-order valence-corrected chi connectivity index (χ1v) is 7.93. The molecule has 0 radical (unpaired) electrons. The molecule has 20 heavy (non-hydrogen) atoms. The lowest BCUT2D eigenvalue weighted by Gasteiger charge is -2.13. The van der Waals surface area contributed by atoms with Crippen LogP contribution in [0.1, 0.15) is 36.8 Å². The molecule has 1 atom stereocenters. The first kappa shape index (κ1) is 15.0. The topological polar surface area (TPSA) is 41.1 Å². The zero-order valence-electron chi connectivity index (χ0n) is 12.3. The third-order valence-corrected chi connectivity index (χ3v) is 4.91. The van der Waals surface area contributed by atoms with Gasteiger partial charge in [-0.1, -0.05) is 18.2 Å². The van der Waals surface area contributed by atoms with Crippen LogP contribution in [0.25, 0.3) is 10.1 Å². The number of amides is 1. The van der Waals surface area contributed by atoms with Crippen molar-refractivity contribution >= 4 is 27.3 Å². The number of hydrogen-bond acceptors (Lipinski definition) is 3. The quantitative estimate of drug-likeness (QED) is 0.856. The number of fused-ring (bicyclic) bond motifs is 1. The second-order valence-corrected chi connectivity index (χ2v) is 6.05. The van der Waals surface area contributed by atoms with Crippen LogP contribution in [0.2, 0.25) is 0 Å². The fourth-order valence-electron chi connectivity index (χ4n) is 2.39. The largest absolute Gasteiger partial charge is 0.356 e. The summed E-state index contributed by atoms with van der Waals surface area (Å²) in [4.78, 5) is 12.8. The molecule has 4 heteroatoms. The summed E-state index contributed by atoms with van der Waals surface area (Å²) in [5.74, 6) is 0.111. The van der Waals surface area contributed by atoms with E-state index in [4.69, 9.17) is 0 Å². The summed E-state index contributed by atoms with van der Waals surface area (Å²) in [6.07, 6.45) is 0.530. The summed E-state index contributed by atoms with van der Waals surface area (Å²) in [5, 5.41) is 7.59. The molecule has 0 aliphatic heterocycles. The van der Waals surface area contributed by atoms with Crippen molar-refractivity contribution in [3.05, 3.63) is 34.7 Å². The summed E-state index contributed by atoms with van der Waals surface area (Å²) in [6.45, 7) is 7.69. The van der Waals surface area contributed by atoms with E-state index in [2.05, 4.69) is 48.7 Å². The average Bonchev–Trinajstić information content (AvgIpc) is 2.77. The summed E-state index contributed by atoms with van der Waals surface area (Å²) in [6, 6.07) is 8.78. The van der Waals surface area contributed by atoms with Gasteiger partial charge in [0.1, 0.15) is 0 Å². The average molecular weight is 290 g/mol. The van der Waals surface area contributed by atoms with Gasteiger partial charge in [-0.3, -0.25) is 4.79 Å². The van der Waals surface area contributed by atoms with Gasteiger partial charge < -0.3 is 10.6 Å². The number of nitrogens with one attached hydrogen (secondary N) is 2. The van der Waals surface area contributed by atoms with Crippen molar-refractivity contribution in [1.82, 2.24) is 10.6 Å². The first-order chi connectivity index (χ1) is 9.63. The molecular weight excluding hydrogens is 268 g/mol. The first-order valence-electron chi connectivity index (χ1n) is 7.11. The van der Waals surface area contributed by atoms with Crippen LogP contribution in [0, 0.1) is 6.92 Å². The third kappa shape index (κ3) is 3.38. The minimum absolute atomic E-state index is 0.111. The van der Waals surface area contributed by atoms with Gasteiger partial charge >= 0.3 is 0 Å².